The summed E-state index contributed by atoms with van der Waals surface area (Å²) in [7, 11) is 0. The highest BCUT2D eigenvalue weighted by atomic mass is 16.6. The number of aromatic nitrogens is 1. The number of carboxylic acids is 2. The first-order chi connectivity index (χ1) is 17.8. The van der Waals surface area contributed by atoms with Crippen LogP contribution in [0.5, 0.6) is 0 Å². The molecule has 10 nitrogen and oxygen atoms in total. The fourth-order valence-electron chi connectivity index (χ4n) is 4.25. The monoisotopic (exact) mass is 508 g/mol. The third kappa shape index (κ3) is 6.35. The van der Waals surface area contributed by atoms with E-state index in [0.717, 1.165) is 5.56 Å². The topological polar surface area (TPSA) is 144 Å². The summed E-state index contributed by atoms with van der Waals surface area (Å²) in [5, 5.41) is 22.7. The summed E-state index contributed by atoms with van der Waals surface area (Å²) in [6.07, 6.45) is 1.88. The molecular formula is C27H28N2O8. The maximum absolute atomic E-state index is 13.0. The van der Waals surface area contributed by atoms with E-state index in [2.05, 4.69) is 11.9 Å². The van der Waals surface area contributed by atoms with Gasteiger partial charge in [0.1, 0.15) is 12.6 Å². The minimum atomic E-state index is -2.09. The van der Waals surface area contributed by atoms with Crippen LogP contribution < -0.4 is 5.32 Å². The number of nitrogens with zero attached hydrogens (tertiary/aromatic N) is 1. The molecule has 37 heavy (non-hydrogen) atoms. The third-order valence-electron chi connectivity index (χ3n) is 5.77. The van der Waals surface area contributed by atoms with E-state index < -0.39 is 41.9 Å². The van der Waals surface area contributed by atoms with Gasteiger partial charge in [0.25, 0.3) is 0 Å². The van der Waals surface area contributed by atoms with Crippen molar-refractivity contribution in [3.8, 4) is 0 Å². The molecule has 0 saturated heterocycles. The van der Waals surface area contributed by atoms with Crippen LogP contribution in [0.4, 0.5) is 4.79 Å². The number of nitrogens with one attached hydrogen (secondary N) is 1. The summed E-state index contributed by atoms with van der Waals surface area (Å²) in [6.45, 7) is 5.14. The number of rotatable bonds is 12. The first kappa shape index (κ1) is 27.0. The lowest BCUT2D eigenvalue weighted by molar-refractivity contribution is -0.157. The van der Waals surface area contributed by atoms with Crippen LogP contribution in [0, 0.1) is 5.92 Å². The summed E-state index contributed by atoms with van der Waals surface area (Å²) in [6, 6.07) is 14.8. The Morgan fingerprint density at radius 3 is 2.27 bits per heavy atom. The molecule has 0 aliphatic carbocycles. The van der Waals surface area contributed by atoms with Crippen LogP contribution in [0.15, 0.2) is 73.4 Å². The number of esters is 1. The van der Waals surface area contributed by atoms with Gasteiger partial charge in [-0.25, -0.2) is 9.59 Å². The molecule has 2 aromatic carbocycles. The summed E-state index contributed by atoms with van der Waals surface area (Å²) >= 11 is 0. The molecule has 0 spiro atoms. The molecule has 0 fully saturated rings. The second kappa shape index (κ2) is 12.4. The van der Waals surface area contributed by atoms with E-state index in [-0.39, 0.29) is 18.8 Å². The van der Waals surface area contributed by atoms with Gasteiger partial charge in [0.05, 0.1) is 6.61 Å². The Morgan fingerprint density at radius 1 is 1.00 bits per heavy atom. The van der Waals surface area contributed by atoms with Crippen molar-refractivity contribution in [2.24, 2.45) is 5.92 Å². The minimum absolute atomic E-state index is 0.0774. The number of amides is 1. The van der Waals surface area contributed by atoms with Gasteiger partial charge in [-0.3, -0.25) is 9.59 Å². The lowest BCUT2D eigenvalue weighted by Gasteiger charge is -2.28. The SMILES string of the molecule is C=CCOC(=O)N[C@H](C(=O)OCC)[C@@H](c1cn(Cc2ccccc2)c2ccccc12)C(C(=O)O)C(=O)O. The van der Waals surface area contributed by atoms with Gasteiger partial charge in [0.2, 0.25) is 0 Å². The largest absolute Gasteiger partial charge is 0.481 e. The van der Waals surface area contributed by atoms with Gasteiger partial charge < -0.3 is 29.6 Å². The standard InChI is InChI=1S/C27H28N2O8/c1-3-14-37-27(35)28-23(26(34)36-4-2)21(22(24(30)31)25(32)33)19-16-29(15-17-10-6-5-7-11-17)20-13-9-8-12-18(19)20/h3,5-13,16,21-23H,1,4,14-15H2,2H3,(H,28,35)(H,30,31)(H,32,33)/t21-,23-/m0/s1. The van der Waals surface area contributed by atoms with E-state index in [0.29, 0.717) is 17.4 Å². The van der Waals surface area contributed by atoms with E-state index in [1.807, 2.05) is 34.9 Å². The average molecular weight is 509 g/mol. The maximum Gasteiger partial charge on any atom is 0.408 e. The summed E-state index contributed by atoms with van der Waals surface area (Å²) < 4.78 is 11.9. The Hall–Kier alpha value is -4.60. The van der Waals surface area contributed by atoms with Crippen LogP contribution >= 0.6 is 0 Å². The quantitative estimate of drug-likeness (QED) is 0.192. The molecule has 1 heterocycles. The highest BCUT2D eigenvalue weighted by Crippen LogP contribution is 2.36. The molecule has 0 aliphatic heterocycles. The highest BCUT2D eigenvalue weighted by Gasteiger charge is 2.46. The van der Waals surface area contributed by atoms with Gasteiger partial charge in [-0.1, -0.05) is 61.2 Å². The van der Waals surface area contributed by atoms with Gasteiger partial charge in [-0.05, 0) is 24.1 Å². The summed E-state index contributed by atoms with van der Waals surface area (Å²) in [4.78, 5) is 50.0. The van der Waals surface area contributed by atoms with Crippen LogP contribution in [0.1, 0.15) is 24.0 Å². The molecule has 0 saturated carbocycles. The van der Waals surface area contributed by atoms with E-state index in [1.165, 1.54) is 13.0 Å². The van der Waals surface area contributed by atoms with Crippen molar-refractivity contribution in [1.29, 1.82) is 0 Å². The van der Waals surface area contributed by atoms with Gasteiger partial charge in [0, 0.05) is 29.6 Å². The lowest BCUT2D eigenvalue weighted by atomic mass is 9.80. The molecule has 3 aromatic rings. The van der Waals surface area contributed by atoms with Gasteiger partial charge in [-0.15, -0.1) is 0 Å². The van der Waals surface area contributed by atoms with Crippen molar-refractivity contribution < 1.29 is 38.9 Å². The van der Waals surface area contributed by atoms with E-state index >= 15 is 0 Å². The molecule has 194 valence electrons. The number of hydrogen-bond acceptors (Lipinski definition) is 6. The molecule has 1 aromatic heterocycles. The number of carboxylic acid groups (broad SMARTS) is 2. The van der Waals surface area contributed by atoms with Gasteiger partial charge in [-0.2, -0.15) is 0 Å². The van der Waals surface area contributed by atoms with Gasteiger partial charge >= 0.3 is 24.0 Å². The van der Waals surface area contributed by atoms with E-state index in [4.69, 9.17) is 9.47 Å². The maximum atomic E-state index is 13.0. The Morgan fingerprint density at radius 2 is 1.65 bits per heavy atom. The highest BCUT2D eigenvalue weighted by molar-refractivity contribution is 5.98. The zero-order chi connectivity index (χ0) is 26.9. The zero-order valence-corrected chi connectivity index (χ0v) is 20.2. The molecule has 0 unspecified atom stereocenters. The van der Waals surface area contributed by atoms with Crippen LogP contribution in [0.25, 0.3) is 10.9 Å². The second-order valence-electron chi connectivity index (χ2n) is 8.16. The fraction of sp³-hybridized carbons (Fsp3) is 0.259. The number of para-hydroxylation sites is 1. The van der Waals surface area contributed by atoms with Crippen LogP contribution in [-0.4, -0.2) is 58.0 Å². The predicted molar refractivity (Wildman–Crippen MR) is 134 cm³/mol. The lowest BCUT2D eigenvalue weighted by Crippen LogP contribution is -2.50. The smallest absolute Gasteiger partial charge is 0.408 e. The number of hydrogen-bond donors (Lipinski definition) is 3. The second-order valence-corrected chi connectivity index (χ2v) is 8.16. The predicted octanol–water partition coefficient (Wildman–Crippen LogP) is 3.40. The number of ether oxygens (including phenoxy) is 2. The van der Waals surface area contributed by atoms with Crippen molar-refractivity contribution in [2.45, 2.75) is 25.4 Å². The van der Waals surface area contributed by atoms with E-state index in [1.54, 1.807) is 30.5 Å². The first-order valence-electron chi connectivity index (χ1n) is 11.6. The number of carbonyl (C=O) groups excluding carboxylic acids is 2. The molecule has 0 aliphatic rings. The van der Waals surface area contributed by atoms with Crippen LogP contribution in [0.3, 0.4) is 0 Å². The Kier molecular flexibility index (Phi) is 9.04. The fourth-order valence-corrected chi connectivity index (χ4v) is 4.25. The third-order valence-corrected chi connectivity index (χ3v) is 5.77. The number of carbonyl (C=O) groups is 4. The summed E-state index contributed by atoms with van der Waals surface area (Å²) in [5.41, 5.74) is 1.90. The number of benzene rings is 2. The van der Waals surface area contributed by atoms with Gasteiger partial charge in [0.15, 0.2) is 5.92 Å². The van der Waals surface area contributed by atoms with Crippen molar-refractivity contribution in [1.82, 2.24) is 9.88 Å². The normalized spacial score (nSPS) is 12.5. The first-order valence-corrected chi connectivity index (χ1v) is 11.6. The Labute approximate surface area is 213 Å². The molecule has 0 radical (unpaired) electrons. The molecule has 10 heteroatoms. The summed E-state index contributed by atoms with van der Waals surface area (Å²) in [5.74, 6) is -7.96. The number of fused-ring (bicyclic) bond motifs is 1. The zero-order valence-electron chi connectivity index (χ0n) is 20.2. The van der Waals surface area contributed by atoms with Crippen molar-refractivity contribution in [3.63, 3.8) is 0 Å². The molecular weight excluding hydrogens is 480 g/mol. The molecule has 0 bridgehead atoms. The van der Waals surface area contributed by atoms with Crippen LogP contribution in [-0.2, 0) is 30.4 Å². The number of alkyl carbamates (subject to hydrolysis) is 1. The van der Waals surface area contributed by atoms with Crippen molar-refractivity contribution in [2.75, 3.05) is 13.2 Å². The molecule has 3 rings (SSSR count). The minimum Gasteiger partial charge on any atom is -0.481 e. The van der Waals surface area contributed by atoms with Crippen molar-refractivity contribution in [3.05, 3.63) is 84.6 Å². The molecule has 3 N–H and O–H groups in total. The van der Waals surface area contributed by atoms with E-state index in [9.17, 15) is 29.4 Å². The molecule has 2 atom stereocenters. The number of aliphatic carboxylic acids is 2. The Bertz CT molecular complexity index is 1270. The molecule has 1 amide bonds. The van der Waals surface area contributed by atoms with Crippen LogP contribution in [0.2, 0.25) is 0 Å². The Balaban J connectivity index is 2.22. The average Bonchev–Trinajstić information content (AvgIpc) is 3.23. The van der Waals surface area contributed by atoms with Crippen molar-refractivity contribution >= 4 is 34.9 Å².